The van der Waals surface area contributed by atoms with Crippen LogP contribution in [-0.2, 0) is 19.8 Å². The molecule has 1 fully saturated rings. The Morgan fingerprint density at radius 2 is 1.94 bits per heavy atom. The summed E-state index contributed by atoms with van der Waals surface area (Å²) in [4.78, 5) is 38.5. The van der Waals surface area contributed by atoms with Gasteiger partial charge in [-0.15, -0.1) is 0 Å². The molecule has 0 aliphatic carbocycles. The molecule has 0 aromatic heterocycles. The van der Waals surface area contributed by atoms with Crippen LogP contribution in [-0.4, -0.2) is 54.0 Å². The molecular weight excluding hydrogens is 408 g/mol. The number of esters is 1. The molecule has 1 aliphatic heterocycles. The second-order valence-electron chi connectivity index (χ2n) is 9.51. The van der Waals surface area contributed by atoms with Gasteiger partial charge in [-0.25, -0.2) is 4.79 Å². The maximum Gasteiger partial charge on any atom is 0.326 e. The van der Waals surface area contributed by atoms with Gasteiger partial charge in [0.15, 0.2) is 0 Å². The number of hydrogen-bond donors (Lipinski definition) is 2. The Labute approximate surface area is 191 Å². The van der Waals surface area contributed by atoms with Crippen LogP contribution in [0.25, 0.3) is 0 Å². The van der Waals surface area contributed by atoms with Crippen LogP contribution < -0.4 is 10.1 Å². The van der Waals surface area contributed by atoms with Crippen LogP contribution in [0.5, 0.6) is 5.75 Å². The zero-order chi connectivity index (χ0) is 23.9. The van der Waals surface area contributed by atoms with Crippen molar-refractivity contribution >= 4 is 17.8 Å². The van der Waals surface area contributed by atoms with Crippen molar-refractivity contribution in [3.8, 4) is 5.75 Å². The highest BCUT2D eigenvalue weighted by atomic mass is 16.5. The van der Waals surface area contributed by atoms with Crippen LogP contribution in [0.4, 0.5) is 0 Å². The van der Waals surface area contributed by atoms with Crippen molar-refractivity contribution in [3.63, 3.8) is 0 Å². The summed E-state index contributed by atoms with van der Waals surface area (Å²) >= 11 is 0. The van der Waals surface area contributed by atoms with Crippen molar-refractivity contribution in [2.75, 3.05) is 20.1 Å². The molecule has 0 bridgehead atoms. The minimum Gasteiger partial charge on any atom is -0.480 e. The van der Waals surface area contributed by atoms with Crippen LogP contribution in [0.1, 0.15) is 65.4 Å². The van der Waals surface area contributed by atoms with Crippen LogP contribution in [0.15, 0.2) is 24.3 Å². The number of benzene rings is 1. The van der Waals surface area contributed by atoms with Gasteiger partial charge in [0, 0.05) is 18.4 Å². The maximum absolute atomic E-state index is 12.6. The van der Waals surface area contributed by atoms with Crippen molar-refractivity contribution in [3.05, 3.63) is 29.8 Å². The first-order chi connectivity index (χ1) is 15.1. The van der Waals surface area contributed by atoms with Gasteiger partial charge in [0.1, 0.15) is 11.8 Å². The fraction of sp³-hybridized carbons (Fsp3) is 0.640. The summed E-state index contributed by atoms with van der Waals surface area (Å²) in [5, 5.41) is 11.7. The largest absolute Gasteiger partial charge is 0.480 e. The fourth-order valence-electron chi connectivity index (χ4n) is 4.46. The Balaban J connectivity index is 2.05. The Hall–Kier alpha value is -2.41. The number of hydrogen-bond acceptors (Lipinski definition) is 5. The summed E-state index contributed by atoms with van der Waals surface area (Å²) in [5.74, 6) is -2.53. The highest BCUT2D eigenvalue weighted by Gasteiger charge is 2.33. The molecule has 1 heterocycles. The van der Waals surface area contributed by atoms with E-state index in [1.54, 1.807) is 26.8 Å². The lowest BCUT2D eigenvalue weighted by Gasteiger charge is -2.35. The monoisotopic (exact) mass is 446 g/mol. The summed E-state index contributed by atoms with van der Waals surface area (Å²) in [7, 11) is 2.15. The lowest BCUT2D eigenvalue weighted by atomic mass is 9.74. The molecule has 0 radical (unpaired) electrons. The van der Waals surface area contributed by atoms with Crippen LogP contribution in [0.2, 0.25) is 0 Å². The number of likely N-dealkylation sites (tertiary alicyclic amines) is 1. The first-order valence-electron chi connectivity index (χ1n) is 11.6. The lowest BCUT2D eigenvalue weighted by Crippen LogP contribution is -2.45. The van der Waals surface area contributed by atoms with E-state index in [-0.39, 0.29) is 17.8 Å². The minimum atomic E-state index is -1.09. The van der Waals surface area contributed by atoms with Crippen LogP contribution >= 0.6 is 0 Å². The first-order valence-corrected chi connectivity index (χ1v) is 11.6. The zero-order valence-electron chi connectivity index (χ0n) is 20.0. The second-order valence-corrected chi connectivity index (χ2v) is 9.51. The standard InChI is InChI=1S/C25H38N2O5/c1-6-25(12-7-8-13-27(5)16-25)19-10-9-11-20(15-19)32-24(31)18(4)14-21(28)26-22(17(2)3)23(29)30/h9-11,15,17-18,22H,6-8,12-14,16H2,1-5H3,(H,26,28)(H,29,30). The molecule has 1 saturated heterocycles. The summed E-state index contributed by atoms with van der Waals surface area (Å²) in [6, 6.07) is 6.75. The van der Waals surface area contributed by atoms with Gasteiger partial charge in [-0.1, -0.05) is 46.2 Å². The van der Waals surface area contributed by atoms with Crippen molar-refractivity contribution in [1.29, 1.82) is 0 Å². The predicted molar refractivity (Wildman–Crippen MR) is 124 cm³/mol. The van der Waals surface area contributed by atoms with Gasteiger partial charge in [-0.3, -0.25) is 9.59 Å². The third-order valence-electron chi connectivity index (χ3n) is 6.50. The topological polar surface area (TPSA) is 95.9 Å². The van der Waals surface area contributed by atoms with E-state index in [0.29, 0.717) is 5.75 Å². The first kappa shape index (κ1) is 25.8. The summed E-state index contributed by atoms with van der Waals surface area (Å²) in [5.41, 5.74) is 1.20. The Bertz CT molecular complexity index is 809. The number of nitrogens with zero attached hydrogens (tertiary/aromatic N) is 1. The quantitative estimate of drug-likeness (QED) is 0.444. The summed E-state index contributed by atoms with van der Waals surface area (Å²) < 4.78 is 5.61. The van der Waals surface area contributed by atoms with Gasteiger partial charge in [-0.2, -0.15) is 0 Å². The van der Waals surface area contributed by atoms with Gasteiger partial charge in [0.2, 0.25) is 5.91 Å². The van der Waals surface area contributed by atoms with Gasteiger partial charge in [0.05, 0.1) is 5.92 Å². The number of carbonyl (C=O) groups is 3. The number of carbonyl (C=O) groups excluding carboxylic acids is 2. The molecule has 2 rings (SSSR count). The van der Waals surface area contributed by atoms with Gasteiger partial charge in [0.25, 0.3) is 0 Å². The molecule has 3 unspecified atom stereocenters. The van der Waals surface area contributed by atoms with E-state index in [2.05, 4.69) is 30.3 Å². The molecule has 1 aromatic carbocycles. The maximum atomic E-state index is 12.6. The van der Waals surface area contributed by atoms with Gasteiger partial charge in [-0.05, 0) is 56.5 Å². The van der Waals surface area contributed by atoms with E-state index < -0.39 is 29.8 Å². The third kappa shape index (κ3) is 6.79. The number of rotatable bonds is 9. The number of amides is 1. The number of ether oxygens (including phenoxy) is 1. The molecule has 0 saturated carbocycles. The molecule has 7 nitrogen and oxygen atoms in total. The number of carboxylic acid groups (broad SMARTS) is 1. The van der Waals surface area contributed by atoms with Crippen molar-refractivity contribution < 1.29 is 24.2 Å². The van der Waals surface area contributed by atoms with Crippen LogP contribution in [0, 0.1) is 11.8 Å². The fourth-order valence-corrected chi connectivity index (χ4v) is 4.46. The van der Waals surface area contributed by atoms with Crippen molar-refractivity contribution in [2.45, 2.75) is 71.3 Å². The number of nitrogens with one attached hydrogen (secondary N) is 1. The van der Waals surface area contributed by atoms with E-state index in [1.165, 1.54) is 18.4 Å². The Morgan fingerprint density at radius 1 is 1.22 bits per heavy atom. The average molecular weight is 447 g/mol. The van der Waals surface area contributed by atoms with E-state index in [9.17, 15) is 19.5 Å². The van der Waals surface area contributed by atoms with Crippen molar-refractivity contribution in [2.24, 2.45) is 11.8 Å². The number of aliphatic carboxylic acids is 1. The highest BCUT2D eigenvalue weighted by molar-refractivity contribution is 5.87. The number of likely N-dealkylation sites (N-methyl/N-ethyl adjacent to an activating group) is 1. The molecule has 0 spiro atoms. The third-order valence-corrected chi connectivity index (χ3v) is 6.50. The second kappa shape index (κ2) is 11.5. The summed E-state index contributed by atoms with van der Waals surface area (Å²) in [6.07, 6.45) is 4.33. The average Bonchev–Trinajstić information content (AvgIpc) is 2.93. The summed E-state index contributed by atoms with van der Waals surface area (Å²) in [6.45, 7) is 9.33. The molecule has 2 N–H and O–H groups in total. The Kier molecular flexibility index (Phi) is 9.25. The molecule has 178 valence electrons. The van der Waals surface area contributed by atoms with Crippen LogP contribution in [0.3, 0.4) is 0 Å². The molecule has 32 heavy (non-hydrogen) atoms. The molecule has 7 heteroatoms. The lowest BCUT2D eigenvalue weighted by molar-refractivity contribution is -0.144. The molecular formula is C25H38N2O5. The van der Waals surface area contributed by atoms with Gasteiger partial charge >= 0.3 is 11.9 Å². The van der Waals surface area contributed by atoms with E-state index in [4.69, 9.17) is 4.74 Å². The molecule has 1 amide bonds. The molecule has 3 atom stereocenters. The van der Waals surface area contributed by atoms with E-state index >= 15 is 0 Å². The zero-order valence-corrected chi connectivity index (χ0v) is 20.0. The Morgan fingerprint density at radius 3 is 2.56 bits per heavy atom. The SMILES string of the molecule is CCC1(c2cccc(OC(=O)C(C)CC(=O)NC(C(=O)O)C(C)C)c2)CCCCN(C)C1. The van der Waals surface area contributed by atoms with Gasteiger partial charge < -0.3 is 20.1 Å². The number of carboxylic acids is 1. The van der Waals surface area contributed by atoms with E-state index in [1.807, 2.05) is 12.1 Å². The molecule has 1 aliphatic rings. The van der Waals surface area contributed by atoms with E-state index in [0.717, 1.165) is 25.9 Å². The minimum absolute atomic E-state index is 0.0296. The molecule has 1 aromatic rings. The smallest absolute Gasteiger partial charge is 0.326 e. The highest BCUT2D eigenvalue weighted by Crippen LogP contribution is 2.37. The van der Waals surface area contributed by atoms with Crippen molar-refractivity contribution in [1.82, 2.24) is 10.2 Å². The predicted octanol–water partition coefficient (Wildman–Crippen LogP) is 3.61. The normalized spacial score (nSPS) is 21.4.